The topological polar surface area (TPSA) is 70.0 Å². The largest absolute Gasteiger partial charge is 0.480 e. The standard InChI is InChI=1S/C10H12N2O3/c1-7-4-3-5-8(2)10(7)12(11-15)6-9(13)14/h3-5H,6H2,1-2H3,(H,13,14). The van der Waals surface area contributed by atoms with Gasteiger partial charge < -0.3 is 5.11 Å². The number of para-hydroxylation sites is 1. The van der Waals surface area contributed by atoms with Crippen LogP contribution in [-0.4, -0.2) is 17.6 Å². The second-order valence-corrected chi connectivity index (χ2v) is 3.27. The zero-order valence-electron chi connectivity index (χ0n) is 8.60. The molecule has 0 saturated carbocycles. The van der Waals surface area contributed by atoms with Crippen molar-refractivity contribution in [3.8, 4) is 0 Å². The van der Waals surface area contributed by atoms with Crippen LogP contribution in [0.4, 0.5) is 5.69 Å². The van der Waals surface area contributed by atoms with Crippen LogP contribution in [-0.2, 0) is 4.79 Å². The van der Waals surface area contributed by atoms with Gasteiger partial charge in [-0.15, -0.1) is 4.91 Å². The summed E-state index contributed by atoms with van der Waals surface area (Å²) in [6.45, 7) is 3.19. The van der Waals surface area contributed by atoms with E-state index in [0.717, 1.165) is 16.1 Å². The van der Waals surface area contributed by atoms with Crippen molar-refractivity contribution in [1.82, 2.24) is 0 Å². The molecule has 0 radical (unpaired) electrons. The molecule has 0 aliphatic heterocycles. The lowest BCUT2D eigenvalue weighted by Gasteiger charge is -2.17. The van der Waals surface area contributed by atoms with Crippen molar-refractivity contribution in [3.05, 3.63) is 34.2 Å². The number of anilines is 1. The average molecular weight is 208 g/mol. The minimum atomic E-state index is -1.09. The Balaban J connectivity index is 3.11. The van der Waals surface area contributed by atoms with Gasteiger partial charge in [0.1, 0.15) is 6.54 Å². The third kappa shape index (κ3) is 2.52. The predicted octanol–water partition coefficient (Wildman–Crippen LogP) is 1.88. The summed E-state index contributed by atoms with van der Waals surface area (Å²) in [6.07, 6.45) is 0. The van der Waals surface area contributed by atoms with Crippen molar-refractivity contribution in [2.24, 2.45) is 5.29 Å². The highest BCUT2D eigenvalue weighted by Crippen LogP contribution is 2.24. The number of carboxylic acids is 1. The molecule has 1 rings (SSSR count). The first-order valence-corrected chi connectivity index (χ1v) is 4.45. The smallest absolute Gasteiger partial charge is 0.325 e. The number of rotatable bonds is 4. The monoisotopic (exact) mass is 208 g/mol. The fourth-order valence-corrected chi connectivity index (χ4v) is 1.49. The molecule has 0 heterocycles. The van der Waals surface area contributed by atoms with Crippen molar-refractivity contribution < 1.29 is 9.90 Å². The Bertz CT molecular complexity index is 370. The molecular formula is C10H12N2O3. The molecule has 5 nitrogen and oxygen atoms in total. The SMILES string of the molecule is Cc1cccc(C)c1N(CC(=O)O)N=O. The maximum atomic E-state index is 10.6. The van der Waals surface area contributed by atoms with Crippen molar-refractivity contribution >= 4 is 11.7 Å². The Morgan fingerprint density at radius 2 is 1.93 bits per heavy atom. The number of nitroso groups, excluding NO2 is 1. The van der Waals surface area contributed by atoms with Crippen LogP contribution >= 0.6 is 0 Å². The average Bonchev–Trinajstić information content (AvgIpc) is 2.15. The lowest BCUT2D eigenvalue weighted by atomic mass is 10.1. The summed E-state index contributed by atoms with van der Waals surface area (Å²) in [5.74, 6) is -1.09. The Hall–Kier alpha value is -1.91. The van der Waals surface area contributed by atoms with Crippen molar-refractivity contribution in [2.45, 2.75) is 13.8 Å². The minimum Gasteiger partial charge on any atom is -0.480 e. The van der Waals surface area contributed by atoms with Gasteiger partial charge in [0.05, 0.1) is 11.0 Å². The zero-order chi connectivity index (χ0) is 11.4. The Kier molecular flexibility index (Phi) is 3.38. The molecule has 0 saturated heterocycles. The molecular weight excluding hydrogens is 196 g/mol. The predicted molar refractivity (Wildman–Crippen MR) is 56.7 cm³/mol. The van der Waals surface area contributed by atoms with Crippen molar-refractivity contribution in [2.75, 3.05) is 11.6 Å². The summed E-state index contributed by atoms with van der Waals surface area (Å²) in [4.78, 5) is 21.1. The molecule has 0 amide bonds. The first-order valence-electron chi connectivity index (χ1n) is 4.45. The van der Waals surface area contributed by atoms with Gasteiger partial charge in [-0.2, -0.15) is 0 Å². The van der Waals surface area contributed by atoms with Gasteiger partial charge in [0.25, 0.3) is 0 Å². The van der Waals surface area contributed by atoms with Gasteiger partial charge in [-0.25, -0.2) is 5.01 Å². The van der Waals surface area contributed by atoms with Gasteiger partial charge in [0.2, 0.25) is 0 Å². The fourth-order valence-electron chi connectivity index (χ4n) is 1.49. The van der Waals surface area contributed by atoms with Gasteiger partial charge in [0, 0.05) is 0 Å². The van der Waals surface area contributed by atoms with Crippen LogP contribution in [0, 0.1) is 18.8 Å². The van der Waals surface area contributed by atoms with Crippen LogP contribution in [0.1, 0.15) is 11.1 Å². The lowest BCUT2D eigenvalue weighted by molar-refractivity contribution is -0.135. The Morgan fingerprint density at radius 1 is 1.40 bits per heavy atom. The Morgan fingerprint density at radius 3 is 2.33 bits per heavy atom. The number of carboxylic acid groups (broad SMARTS) is 1. The molecule has 0 aliphatic rings. The number of nitrogens with zero attached hydrogens (tertiary/aromatic N) is 2. The normalized spacial score (nSPS) is 9.73. The molecule has 1 N–H and O–H groups in total. The molecule has 0 aromatic heterocycles. The summed E-state index contributed by atoms with van der Waals surface area (Å²) in [7, 11) is 0. The molecule has 0 bridgehead atoms. The third-order valence-corrected chi connectivity index (χ3v) is 2.08. The summed E-state index contributed by atoms with van der Waals surface area (Å²) < 4.78 is 0. The third-order valence-electron chi connectivity index (χ3n) is 2.08. The number of benzene rings is 1. The molecule has 5 heteroatoms. The first-order chi connectivity index (χ1) is 7.06. The zero-order valence-corrected chi connectivity index (χ0v) is 8.60. The highest BCUT2D eigenvalue weighted by molar-refractivity contribution is 5.74. The van der Waals surface area contributed by atoms with Gasteiger partial charge in [-0.1, -0.05) is 18.2 Å². The van der Waals surface area contributed by atoms with Gasteiger partial charge in [0.15, 0.2) is 0 Å². The van der Waals surface area contributed by atoms with Gasteiger partial charge >= 0.3 is 5.97 Å². The number of aryl methyl sites for hydroxylation is 2. The van der Waals surface area contributed by atoms with E-state index < -0.39 is 12.5 Å². The molecule has 15 heavy (non-hydrogen) atoms. The van der Waals surface area contributed by atoms with E-state index in [1.807, 2.05) is 32.0 Å². The van der Waals surface area contributed by atoms with E-state index in [-0.39, 0.29) is 0 Å². The van der Waals surface area contributed by atoms with Crippen molar-refractivity contribution in [3.63, 3.8) is 0 Å². The van der Waals surface area contributed by atoms with Crippen LogP contribution < -0.4 is 5.01 Å². The maximum Gasteiger partial charge on any atom is 0.325 e. The van der Waals surface area contributed by atoms with Crippen LogP contribution in [0.15, 0.2) is 23.5 Å². The van der Waals surface area contributed by atoms with Crippen molar-refractivity contribution in [1.29, 1.82) is 0 Å². The first kappa shape index (κ1) is 11.2. The number of hydrogen-bond donors (Lipinski definition) is 1. The molecule has 0 spiro atoms. The van der Waals surface area contributed by atoms with E-state index in [1.54, 1.807) is 0 Å². The van der Waals surface area contributed by atoms with E-state index in [1.165, 1.54) is 0 Å². The molecule has 0 unspecified atom stereocenters. The summed E-state index contributed by atoms with van der Waals surface area (Å²) in [5, 5.41) is 12.3. The van der Waals surface area contributed by atoms with E-state index in [0.29, 0.717) is 5.69 Å². The lowest BCUT2D eigenvalue weighted by Crippen LogP contribution is -2.25. The number of aliphatic carboxylic acids is 1. The number of carbonyl (C=O) groups is 1. The second kappa shape index (κ2) is 4.54. The summed E-state index contributed by atoms with van der Waals surface area (Å²) >= 11 is 0. The van der Waals surface area contributed by atoms with E-state index >= 15 is 0 Å². The molecule has 1 aromatic rings. The van der Waals surface area contributed by atoms with Crippen LogP contribution in [0.25, 0.3) is 0 Å². The van der Waals surface area contributed by atoms with E-state index in [9.17, 15) is 9.70 Å². The quantitative estimate of drug-likeness (QED) is 0.605. The van der Waals surface area contributed by atoms with E-state index in [2.05, 4.69) is 5.29 Å². The summed E-state index contributed by atoms with van der Waals surface area (Å²) in [5.41, 5.74) is 2.22. The highest BCUT2D eigenvalue weighted by Gasteiger charge is 2.15. The van der Waals surface area contributed by atoms with Gasteiger partial charge in [-0.05, 0) is 25.0 Å². The second-order valence-electron chi connectivity index (χ2n) is 3.27. The van der Waals surface area contributed by atoms with Crippen LogP contribution in [0.5, 0.6) is 0 Å². The summed E-state index contributed by atoms with van der Waals surface area (Å²) in [6, 6.07) is 5.46. The maximum absolute atomic E-state index is 10.6. The molecule has 0 fully saturated rings. The fraction of sp³-hybridized carbons (Fsp3) is 0.300. The highest BCUT2D eigenvalue weighted by atomic mass is 16.4. The minimum absolute atomic E-state index is 0.421. The molecule has 1 aromatic carbocycles. The number of hydrogen-bond acceptors (Lipinski definition) is 3. The molecule has 0 aliphatic carbocycles. The van der Waals surface area contributed by atoms with Crippen LogP contribution in [0.3, 0.4) is 0 Å². The molecule has 80 valence electrons. The molecule has 0 atom stereocenters. The van der Waals surface area contributed by atoms with Gasteiger partial charge in [-0.3, -0.25) is 4.79 Å². The van der Waals surface area contributed by atoms with E-state index in [4.69, 9.17) is 5.11 Å². The Labute approximate surface area is 87.3 Å². The van der Waals surface area contributed by atoms with Crippen LogP contribution in [0.2, 0.25) is 0 Å².